The van der Waals surface area contributed by atoms with Crippen molar-refractivity contribution in [1.82, 2.24) is 5.32 Å². The molecule has 0 saturated carbocycles. The fraction of sp³-hybridized carbons (Fsp3) is 0.828. The van der Waals surface area contributed by atoms with Crippen molar-refractivity contribution in [2.45, 2.75) is 288 Å². The Morgan fingerprint density at radius 2 is 1.00 bits per heavy atom. The molecule has 0 radical (unpaired) electrons. The zero-order valence-corrected chi connectivity index (χ0v) is 44.0. The molecule has 1 amide bonds. The second kappa shape index (κ2) is 47.9. The first-order valence-corrected chi connectivity index (χ1v) is 28.4. The average Bonchev–Trinajstić information content (AvgIpc) is 3.34. The summed E-state index contributed by atoms with van der Waals surface area (Å²) in [4.78, 5) is 25.0. The van der Waals surface area contributed by atoms with E-state index in [9.17, 15) is 35.1 Å². The van der Waals surface area contributed by atoms with Gasteiger partial charge in [0.05, 0.1) is 32.0 Å². The van der Waals surface area contributed by atoms with E-state index in [0.29, 0.717) is 25.9 Å². The van der Waals surface area contributed by atoms with Crippen molar-refractivity contribution in [1.29, 1.82) is 0 Å². The Morgan fingerprint density at radius 3 is 1.52 bits per heavy atom. The molecule has 1 fully saturated rings. The Labute approximate surface area is 421 Å². The predicted molar refractivity (Wildman–Crippen MR) is 283 cm³/mol. The van der Waals surface area contributed by atoms with Crippen LogP contribution in [-0.2, 0) is 23.8 Å². The fourth-order valence-corrected chi connectivity index (χ4v) is 8.70. The van der Waals surface area contributed by atoms with Gasteiger partial charge in [-0.2, -0.15) is 0 Å². The molecule has 7 unspecified atom stereocenters. The summed E-state index contributed by atoms with van der Waals surface area (Å²) >= 11 is 0. The van der Waals surface area contributed by atoms with Crippen LogP contribution in [0.4, 0.5) is 0 Å². The third-order valence-electron chi connectivity index (χ3n) is 13.2. The highest BCUT2D eigenvalue weighted by molar-refractivity contribution is 5.76. The van der Waals surface area contributed by atoms with E-state index >= 15 is 0 Å². The molecule has 1 saturated heterocycles. The molecule has 11 nitrogen and oxygen atoms in total. The predicted octanol–water partition coefficient (Wildman–Crippen LogP) is 12.5. The van der Waals surface area contributed by atoms with Crippen molar-refractivity contribution in [3.63, 3.8) is 0 Å². The lowest BCUT2D eigenvalue weighted by molar-refractivity contribution is -0.302. The van der Waals surface area contributed by atoms with E-state index in [4.69, 9.17) is 14.2 Å². The van der Waals surface area contributed by atoms with Gasteiger partial charge in [-0.15, -0.1) is 0 Å². The molecule has 1 aliphatic heterocycles. The van der Waals surface area contributed by atoms with Crippen molar-refractivity contribution < 1.29 is 49.3 Å². The quantitative estimate of drug-likeness (QED) is 0.0196. The molecule has 0 bridgehead atoms. The lowest BCUT2D eigenvalue weighted by Gasteiger charge is -2.40. The summed E-state index contributed by atoms with van der Waals surface area (Å²) in [7, 11) is 0. The highest BCUT2D eigenvalue weighted by Gasteiger charge is 2.44. The molecule has 0 aromatic heterocycles. The van der Waals surface area contributed by atoms with Crippen LogP contribution < -0.4 is 5.32 Å². The summed E-state index contributed by atoms with van der Waals surface area (Å²) in [6.45, 7) is 4.07. The number of hydrogen-bond acceptors (Lipinski definition) is 10. The number of aliphatic hydroxyl groups excluding tert-OH is 5. The van der Waals surface area contributed by atoms with Crippen LogP contribution in [0.5, 0.6) is 0 Å². The monoisotopic (exact) mass is 976 g/mol. The van der Waals surface area contributed by atoms with E-state index in [0.717, 1.165) is 77.0 Å². The van der Waals surface area contributed by atoms with Crippen LogP contribution in [0.2, 0.25) is 0 Å². The van der Waals surface area contributed by atoms with Gasteiger partial charge >= 0.3 is 5.97 Å². The van der Waals surface area contributed by atoms with Crippen molar-refractivity contribution in [2.75, 3.05) is 19.8 Å². The topological polar surface area (TPSA) is 175 Å². The maximum absolute atomic E-state index is 13.0. The highest BCUT2D eigenvalue weighted by Crippen LogP contribution is 2.23. The number of aliphatic hydroxyl groups is 5. The Balaban J connectivity index is 2.05. The number of carbonyl (C=O) groups excluding carboxylic acids is 2. The lowest BCUT2D eigenvalue weighted by atomic mass is 9.99. The zero-order chi connectivity index (χ0) is 50.3. The summed E-state index contributed by atoms with van der Waals surface area (Å²) in [5.41, 5.74) is 0. The number of esters is 1. The molecule has 7 atom stereocenters. The van der Waals surface area contributed by atoms with Gasteiger partial charge in [-0.1, -0.05) is 203 Å². The molecule has 1 rings (SSSR count). The molecule has 69 heavy (non-hydrogen) atoms. The van der Waals surface area contributed by atoms with Crippen LogP contribution in [0.1, 0.15) is 245 Å². The van der Waals surface area contributed by atoms with Crippen molar-refractivity contribution in [2.24, 2.45) is 0 Å². The number of carbonyl (C=O) groups is 2. The molecule has 6 N–H and O–H groups in total. The third kappa shape index (κ3) is 38.0. The van der Waals surface area contributed by atoms with Gasteiger partial charge in [0.25, 0.3) is 0 Å². The van der Waals surface area contributed by atoms with Gasteiger partial charge in [0, 0.05) is 12.8 Å². The second-order valence-electron chi connectivity index (χ2n) is 19.6. The number of nitrogens with one attached hydrogen (secondary N) is 1. The van der Waals surface area contributed by atoms with Crippen LogP contribution in [0.15, 0.2) is 48.6 Å². The molecular formula is C58H105NO10. The zero-order valence-electron chi connectivity index (χ0n) is 44.0. The standard InChI is InChI=1S/C58H105NO10/c1-3-5-7-9-11-13-25-30-34-38-42-46-54(63)67-47-43-39-35-31-27-24-22-20-18-16-14-15-17-19-21-23-26-29-33-37-41-45-53(62)59-50(51(61)44-40-36-32-28-12-10-8-6-4-2)49-68-58-57(66)56(65)55(64)52(48-60)69-58/h4,6,12,15,17,28,40,44,50-52,55-58,60-61,64-66H,3,5,7-11,13-14,16,18-27,29-39,41-43,45-49H2,1-2H3,(H,59,62)/b6-4+,17-15-,28-12+,44-40+. The van der Waals surface area contributed by atoms with Crippen LogP contribution in [-0.4, -0.2) is 100 Å². The van der Waals surface area contributed by atoms with E-state index in [1.807, 2.05) is 19.1 Å². The molecular weight excluding hydrogens is 871 g/mol. The molecule has 0 aromatic carbocycles. The van der Waals surface area contributed by atoms with E-state index in [1.165, 1.54) is 135 Å². The van der Waals surface area contributed by atoms with Crippen molar-refractivity contribution in [3.05, 3.63) is 48.6 Å². The van der Waals surface area contributed by atoms with Crippen molar-refractivity contribution in [3.8, 4) is 0 Å². The average molecular weight is 976 g/mol. The Bertz CT molecular complexity index is 1290. The van der Waals surface area contributed by atoms with Gasteiger partial charge in [-0.3, -0.25) is 9.59 Å². The molecule has 0 aromatic rings. The third-order valence-corrected chi connectivity index (χ3v) is 13.2. The number of amides is 1. The Kier molecular flexibility index (Phi) is 44.9. The minimum absolute atomic E-state index is 0.00698. The molecule has 1 aliphatic rings. The van der Waals surface area contributed by atoms with Gasteiger partial charge < -0.3 is 45.1 Å². The second-order valence-corrected chi connectivity index (χ2v) is 19.6. The van der Waals surface area contributed by atoms with Gasteiger partial charge in [0.15, 0.2) is 6.29 Å². The van der Waals surface area contributed by atoms with Gasteiger partial charge in [0.2, 0.25) is 5.91 Å². The number of ether oxygens (including phenoxy) is 3. The number of rotatable bonds is 48. The van der Waals surface area contributed by atoms with Crippen LogP contribution in [0.25, 0.3) is 0 Å². The lowest BCUT2D eigenvalue weighted by Crippen LogP contribution is -2.60. The summed E-state index contributed by atoms with van der Waals surface area (Å²) < 4.78 is 16.6. The summed E-state index contributed by atoms with van der Waals surface area (Å²) in [6, 6.07) is -0.839. The van der Waals surface area contributed by atoms with Gasteiger partial charge in [-0.05, 0) is 77.6 Å². The minimum atomic E-state index is -1.58. The summed E-state index contributed by atoms with van der Waals surface area (Å²) in [5.74, 6) is -0.215. The summed E-state index contributed by atoms with van der Waals surface area (Å²) in [5, 5.41) is 54.1. The molecule has 402 valence electrons. The normalized spacial score (nSPS) is 19.7. The first-order valence-electron chi connectivity index (χ1n) is 28.4. The van der Waals surface area contributed by atoms with E-state index in [-0.39, 0.29) is 18.5 Å². The summed E-state index contributed by atoms with van der Waals surface area (Å²) in [6.07, 6.45) is 49.5. The molecule has 0 spiro atoms. The smallest absolute Gasteiger partial charge is 0.305 e. The fourth-order valence-electron chi connectivity index (χ4n) is 8.70. The molecule has 11 heteroatoms. The SMILES string of the molecule is C/C=C/CC/C=C/CC/C=C/C(O)C(COC1OC(CO)C(O)C(O)C1O)NC(=O)CCCCCCCCC/C=C\CCCCCCCCCCCCOC(=O)CCCCCCCCCCCCC. The first-order chi connectivity index (χ1) is 33.7. The van der Waals surface area contributed by atoms with E-state index in [1.54, 1.807) is 6.08 Å². The Morgan fingerprint density at radius 1 is 0.551 bits per heavy atom. The number of hydrogen-bond donors (Lipinski definition) is 6. The number of allylic oxidation sites excluding steroid dienone is 7. The number of unbranched alkanes of at least 4 members (excludes halogenated alkanes) is 29. The van der Waals surface area contributed by atoms with Crippen LogP contribution >= 0.6 is 0 Å². The maximum atomic E-state index is 13.0. The molecule has 1 heterocycles. The largest absolute Gasteiger partial charge is 0.466 e. The first kappa shape index (κ1) is 64.6. The van der Waals surface area contributed by atoms with Gasteiger partial charge in [-0.25, -0.2) is 0 Å². The van der Waals surface area contributed by atoms with Crippen LogP contribution in [0, 0.1) is 0 Å². The Hall–Kier alpha value is -2.38. The van der Waals surface area contributed by atoms with E-state index < -0.39 is 49.5 Å². The van der Waals surface area contributed by atoms with E-state index in [2.05, 4.69) is 42.6 Å². The van der Waals surface area contributed by atoms with Crippen LogP contribution in [0.3, 0.4) is 0 Å². The minimum Gasteiger partial charge on any atom is -0.466 e. The van der Waals surface area contributed by atoms with Gasteiger partial charge in [0.1, 0.15) is 24.4 Å². The highest BCUT2D eigenvalue weighted by atomic mass is 16.7. The molecule has 0 aliphatic carbocycles. The van der Waals surface area contributed by atoms with Crippen molar-refractivity contribution >= 4 is 11.9 Å². The maximum Gasteiger partial charge on any atom is 0.305 e.